The van der Waals surface area contributed by atoms with Crippen molar-refractivity contribution in [1.82, 2.24) is 5.32 Å². The number of urea groups is 1. The van der Waals surface area contributed by atoms with Crippen molar-refractivity contribution in [3.63, 3.8) is 0 Å². The highest BCUT2D eigenvalue weighted by molar-refractivity contribution is 7.89. The van der Waals surface area contributed by atoms with Crippen LogP contribution in [0.2, 0.25) is 0 Å². The van der Waals surface area contributed by atoms with Gasteiger partial charge in [-0.2, -0.15) is 0 Å². The number of carbonyl (C=O) groups is 1. The number of rotatable bonds is 5. The maximum absolute atomic E-state index is 11.2. The third-order valence-corrected chi connectivity index (χ3v) is 2.90. The third kappa shape index (κ3) is 4.29. The topological polar surface area (TPSA) is 127 Å². The molecule has 0 aliphatic heterocycles. The third-order valence-electron chi connectivity index (χ3n) is 1.93. The Labute approximate surface area is 99.2 Å². The van der Waals surface area contributed by atoms with Gasteiger partial charge in [0.15, 0.2) is 0 Å². The molecule has 0 saturated carbocycles. The van der Waals surface area contributed by atoms with E-state index in [-0.39, 0.29) is 11.4 Å². The standard InChI is InChI=1S/C9H14N4O3S/c10-9(14)13-6-5-12-7-3-1-2-4-8(7)17(11,15)16/h1-4,12H,5-6H2,(H3,10,13,14)(H2,11,15,16). The number of benzene rings is 1. The molecule has 0 atom stereocenters. The van der Waals surface area contributed by atoms with Crippen molar-refractivity contribution in [2.45, 2.75) is 4.90 Å². The summed E-state index contributed by atoms with van der Waals surface area (Å²) < 4.78 is 22.5. The average molecular weight is 258 g/mol. The molecule has 0 bridgehead atoms. The Morgan fingerprint density at radius 1 is 1.24 bits per heavy atom. The Morgan fingerprint density at radius 2 is 1.88 bits per heavy atom. The minimum atomic E-state index is -3.76. The van der Waals surface area contributed by atoms with Gasteiger partial charge < -0.3 is 16.4 Å². The fraction of sp³-hybridized carbons (Fsp3) is 0.222. The van der Waals surface area contributed by atoms with Gasteiger partial charge in [0, 0.05) is 13.1 Å². The predicted molar refractivity (Wildman–Crippen MR) is 63.9 cm³/mol. The molecule has 7 nitrogen and oxygen atoms in total. The van der Waals surface area contributed by atoms with Crippen LogP contribution in [0.4, 0.5) is 10.5 Å². The molecule has 1 rings (SSSR count). The van der Waals surface area contributed by atoms with Gasteiger partial charge in [-0.25, -0.2) is 18.4 Å². The Kier molecular flexibility index (Phi) is 4.30. The summed E-state index contributed by atoms with van der Waals surface area (Å²) in [5, 5.41) is 10.3. The molecule has 8 heteroatoms. The van der Waals surface area contributed by atoms with Gasteiger partial charge >= 0.3 is 6.03 Å². The van der Waals surface area contributed by atoms with Crippen LogP contribution < -0.4 is 21.5 Å². The molecule has 0 fully saturated rings. The van der Waals surface area contributed by atoms with Crippen LogP contribution in [0.15, 0.2) is 29.2 Å². The minimum Gasteiger partial charge on any atom is -0.382 e. The largest absolute Gasteiger partial charge is 0.382 e. The van der Waals surface area contributed by atoms with Crippen LogP contribution in [0.1, 0.15) is 0 Å². The SMILES string of the molecule is NC(=O)NCCNc1ccccc1S(N)(=O)=O. The van der Waals surface area contributed by atoms with Crippen molar-refractivity contribution in [2.75, 3.05) is 18.4 Å². The summed E-state index contributed by atoms with van der Waals surface area (Å²) in [5.41, 5.74) is 5.27. The summed E-state index contributed by atoms with van der Waals surface area (Å²) in [6.07, 6.45) is 0. The Balaban J connectivity index is 2.68. The van der Waals surface area contributed by atoms with E-state index >= 15 is 0 Å². The van der Waals surface area contributed by atoms with E-state index < -0.39 is 16.1 Å². The van der Waals surface area contributed by atoms with Gasteiger partial charge in [0.05, 0.1) is 5.69 Å². The van der Waals surface area contributed by atoms with Crippen molar-refractivity contribution < 1.29 is 13.2 Å². The number of nitrogens with one attached hydrogen (secondary N) is 2. The van der Waals surface area contributed by atoms with E-state index in [0.717, 1.165) is 0 Å². The summed E-state index contributed by atoms with van der Waals surface area (Å²) in [4.78, 5) is 10.4. The van der Waals surface area contributed by atoms with Crippen LogP contribution in [0, 0.1) is 0 Å². The average Bonchev–Trinajstić information content (AvgIpc) is 2.23. The lowest BCUT2D eigenvalue weighted by atomic mass is 10.3. The summed E-state index contributed by atoms with van der Waals surface area (Å²) in [6.45, 7) is 0.629. The minimum absolute atomic E-state index is 0.0130. The van der Waals surface area contributed by atoms with E-state index in [1.165, 1.54) is 6.07 Å². The van der Waals surface area contributed by atoms with Gasteiger partial charge in [-0.05, 0) is 12.1 Å². The van der Waals surface area contributed by atoms with Crippen LogP contribution in [-0.4, -0.2) is 27.5 Å². The molecule has 1 aromatic rings. The number of sulfonamides is 1. The molecule has 94 valence electrons. The molecular formula is C9H14N4O3S. The number of nitrogens with two attached hydrogens (primary N) is 2. The fourth-order valence-electron chi connectivity index (χ4n) is 1.24. The number of para-hydroxylation sites is 1. The first kappa shape index (κ1) is 13.3. The smallest absolute Gasteiger partial charge is 0.312 e. The molecule has 1 aromatic carbocycles. The number of primary amides is 1. The number of carbonyl (C=O) groups excluding carboxylic acids is 1. The molecular weight excluding hydrogens is 244 g/mol. The first-order valence-electron chi connectivity index (χ1n) is 4.80. The fourth-order valence-corrected chi connectivity index (χ4v) is 1.96. The summed E-state index contributed by atoms with van der Waals surface area (Å²) in [7, 11) is -3.76. The van der Waals surface area contributed by atoms with Crippen molar-refractivity contribution in [3.05, 3.63) is 24.3 Å². The number of hydrogen-bond acceptors (Lipinski definition) is 4. The van der Waals surface area contributed by atoms with Crippen LogP contribution in [-0.2, 0) is 10.0 Å². The van der Waals surface area contributed by atoms with Crippen LogP contribution >= 0.6 is 0 Å². The lowest BCUT2D eigenvalue weighted by Crippen LogP contribution is -2.33. The van der Waals surface area contributed by atoms with E-state index in [1.807, 2.05) is 0 Å². The molecule has 6 N–H and O–H groups in total. The molecule has 0 heterocycles. The Hall–Kier alpha value is -1.80. The molecule has 0 aliphatic rings. The van der Waals surface area contributed by atoms with Crippen molar-refractivity contribution in [1.29, 1.82) is 0 Å². The van der Waals surface area contributed by atoms with Crippen LogP contribution in [0.25, 0.3) is 0 Å². The monoisotopic (exact) mass is 258 g/mol. The zero-order valence-corrected chi connectivity index (χ0v) is 9.83. The van der Waals surface area contributed by atoms with E-state index in [9.17, 15) is 13.2 Å². The van der Waals surface area contributed by atoms with Gasteiger partial charge in [-0.1, -0.05) is 12.1 Å². The molecule has 0 aliphatic carbocycles. The number of primary sulfonamides is 1. The highest BCUT2D eigenvalue weighted by Crippen LogP contribution is 2.18. The highest BCUT2D eigenvalue weighted by atomic mass is 32.2. The Bertz CT molecular complexity index is 501. The van der Waals surface area contributed by atoms with Gasteiger partial charge in [-0.15, -0.1) is 0 Å². The van der Waals surface area contributed by atoms with Crippen molar-refractivity contribution >= 4 is 21.7 Å². The molecule has 0 aromatic heterocycles. The van der Waals surface area contributed by atoms with Crippen molar-refractivity contribution in [3.8, 4) is 0 Å². The van der Waals surface area contributed by atoms with E-state index in [4.69, 9.17) is 10.9 Å². The predicted octanol–water partition coefficient (Wildman–Crippen LogP) is -0.586. The van der Waals surface area contributed by atoms with E-state index in [2.05, 4.69) is 10.6 Å². The van der Waals surface area contributed by atoms with Crippen LogP contribution in [0.3, 0.4) is 0 Å². The van der Waals surface area contributed by atoms with Gasteiger partial charge in [0.1, 0.15) is 4.90 Å². The van der Waals surface area contributed by atoms with Gasteiger partial charge in [-0.3, -0.25) is 0 Å². The first-order valence-corrected chi connectivity index (χ1v) is 6.35. The second-order valence-electron chi connectivity index (χ2n) is 3.26. The lowest BCUT2D eigenvalue weighted by Gasteiger charge is -2.10. The lowest BCUT2D eigenvalue weighted by molar-refractivity contribution is 0.249. The number of hydrogen-bond donors (Lipinski definition) is 4. The maximum Gasteiger partial charge on any atom is 0.312 e. The quantitative estimate of drug-likeness (QED) is 0.526. The second kappa shape index (κ2) is 5.51. The van der Waals surface area contributed by atoms with Crippen molar-refractivity contribution in [2.24, 2.45) is 10.9 Å². The van der Waals surface area contributed by atoms with Gasteiger partial charge in [0.2, 0.25) is 10.0 Å². The summed E-state index contributed by atoms with van der Waals surface area (Å²) in [6, 6.07) is 5.61. The zero-order chi connectivity index (χ0) is 12.9. The van der Waals surface area contributed by atoms with Gasteiger partial charge in [0.25, 0.3) is 0 Å². The second-order valence-corrected chi connectivity index (χ2v) is 4.79. The van der Waals surface area contributed by atoms with E-state index in [0.29, 0.717) is 12.2 Å². The number of amides is 2. The molecule has 0 radical (unpaired) electrons. The maximum atomic E-state index is 11.2. The zero-order valence-electron chi connectivity index (χ0n) is 9.01. The summed E-state index contributed by atoms with van der Waals surface area (Å²) >= 11 is 0. The van der Waals surface area contributed by atoms with E-state index in [1.54, 1.807) is 18.2 Å². The first-order chi connectivity index (χ1) is 7.91. The molecule has 0 spiro atoms. The molecule has 2 amide bonds. The van der Waals surface area contributed by atoms with Crippen LogP contribution in [0.5, 0.6) is 0 Å². The normalized spacial score (nSPS) is 10.9. The summed E-state index contributed by atoms with van der Waals surface area (Å²) in [5.74, 6) is 0. The molecule has 0 saturated heterocycles. The Morgan fingerprint density at radius 3 is 2.47 bits per heavy atom. The number of anilines is 1. The molecule has 17 heavy (non-hydrogen) atoms. The highest BCUT2D eigenvalue weighted by Gasteiger charge is 2.12. The molecule has 0 unspecified atom stereocenters.